The van der Waals surface area contributed by atoms with E-state index in [-0.39, 0.29) is 12.0 Å². The van der Waals surface area contributed by atoms with Gasteiger partial charge in [-0.25, -0.2) is 9.86 Å². The van der Waals surface area contributed by atoms with Gasteiger partial charge in [-0.1, -0.05) is 36.8 Å². The molecule has 1 saturated carbocycles. The van der Waals surface area contributed by atoms with E-state index in [0.717, 1.165) is 24.8 Å². The number of nitrogens with zero attached hydrogens (tertiary/aromatic N) is 1. The maximum Gasteiger partial charge on any atom is 0.338 e. The fourth-order valence-corrected chi connectivity index (χ4v) is 2.49. The van der Waals surface area contributed by atoms with Crippen LogP contribution in [0, 0.1) is 0 Å². The summed E-state index contributed by atoms with van der Waals surface area (Å²) in [5, 5.41) is 10.3. The van der Waals surface area contributed by atoms with E-state index in [4.69, 9.17) is 5.73 Å². The highest BCUT2D eigenvalue weighted by Crippen LogP contribution is 2.36. The van der Waals surface area contributed by atoms with E-state index in [2.05, 4.69) is 0 Å². The number of rotatable bonds is 2. The highest BCUT2D eigenvalue weighted by Gasteiger charge is 2.34. The average Bonchev–Trinajstić information content (AvgIpc) is 2.77. The first kappa shape index (κ1) is 11.0. The lowest BCUT2D eigenvalue weighted by atomic mass is 9.94. The third kappa shape index (κ3) is 2.02. The normalized spacial score (nSPS) is 24.3. The molecule has 1 aliphatic rings. The number of hydrogen-bond donors (Lipinski definition) is 2. The highest BCUT2D eigenvalue weighted by atomic mass is 16.5. The fraction of sp³-hybridized carbons (Fsp3) is 0.417. The number of hydroxylamine groups is 2. The maximum absolute atomic E-state index is 11.0. The van der Waals surface area contributed by atoms with E-state index in [9.17, 15) is 10.0 Å². The van der Waals surface area contributed by atoms with Crippen molar-refractivity contribution >= 4 is 6.03 Å². The summed E-state index contributed by atoms with van der Waals surface area (Å²) in [6, 6.07) is 8.99. The number of benzene rings is 1. The van der Waals surface area contributed by atoms with Crippen LogP contribution in [-0.2, 0) is 0 Å². The van der Waals surface area contributed by atoms with E-state index in [1.165, 1.54) is 0 Å². The number of carbonyl (C=O) groups is 1. The molecule has 2 atom stereocenters. The minimum Gasteiger partial charge on any atom is -0.350 e. The van der Waals surface area contributed by atoms with Crippen LogP contribution in [0.5, 0.6) is 0 Å². The Hall–Kier alpha value is -1.55. The van der Waals surface area contributed by atoms with Crippen molar-refractivity contribution in [1.82, 2.24) is 5.06 Å². The molecule has 4 nitrogen and oxygen atoms in total. The van der Waals surface area contributed by atoms with Crippen LogP contribution in [0.1, 0.15) is 30.7 Å². The molecule has 0 spiro atoms. The van der Waals surface area contributed by atoms with Crippen LogP contribution in [0.3, 0.4) is 0 Å². The van der Waals surface area contributed by atoms with Crippen LogP contribution in [0.2, 0.25) is 0 Å². The highest BCUT2D eigenvalue weighted by molar-refractivity contribution is 5.71. The molecule has 4 heteroatoms. The Kier molecular flexibility index (Phi) is 3.10. The molecule has 1 fully saturated rings. The summed E-state index contributed by atoms with van der Waals surface area (Å²) in [7, 11) is 0. The molecule has 1 aromatic rings. The van der Waals surface area contributed by atoms with Gasteiger partial charge in [-0.2, -0.15) is 0 Å². The molecule has 0 aromatic heterocycles. The van der Waals surface area contributed by atoms with Gasteiger partial charge < -0.3 is 5.73 Å². The number of amides is 2. The van der Waals surface area contributed by atoms with E-state index >= 15 is 0 Å². The molecule has 0 bridgehead atoms. The molecule has 2 amide bonds. The van der Waals surface area contributed by atoms with Crippen molar-refractivity contribution in [2.75, 3.05) is 0 Å². The molecule has 0 radical (unpaired) electrons. The molecule has 0 heterocycles. The Balaban J connectivity index is 2.18. The summed E-state index contributed by atoms with van der Waals surface area (Å²) in [6.45, 7) is 0. The Morgan fingerprint density at radius 2 is 2.00 bits per heavy atom. The molecule has 1 aliphatic carbocycles. The molecule has 86 valence electrons. The van der Waals surface area contributed by atoms with Crippen molar-refractivity contribution in [3.63, 3.8) is 0 Å². The predicted octanol–water partition coefficient (Wildman–Crippen LogP) is 2.09. The Morgan fingerprint density at radius 1 is 1.31 bits per heavy atom. The maximum atomic E-state index is 11.0. The van der Waals surface area contributed by atoms with Crippen LogP contribution in [0.25, 0.3) is 0 Å². The van der Waals surface area contributed by atoms with Crippen LogP contribution in [0.15, 0.2) is 30.3 Å². The molecule has 3 N–H and O–H groups in total. The first-order valence-electron chi connectivity index (χ1n) is 5.52. The summed E-state index contributed by atoms with van der Waals surface area (Å²) in [4.78, 5) is 11.0. The molecule has 16 heavy (non-hydrogen) atoms. The van der Waals surface area contributed by atoms with Crippen LogP contribution >= 0.6 is 0 Å². The summed E-state index contributed by atoms with van der Waals surface area (Å²) >= 11 is 0. The zero-order valence-electron chi connectivity index (χ0n) is 9.04. The quantitative estimate of drug-likeness (QED) is 0.592. The van der Waals surface area contributed by atoms with Gasteiger partial charge in [0.05, 0.1) is 6.04 Å². The van der Waals surface area contributed by atoms with Gasteiger partial charge in [-0.05, 0) is 18.4 Å². The number of nitrogens with two attached hydrogens (primary N) is 1. The first-order chi connectivity index (χ1) is 7.70. The van der Waals surface area contributed by atoms with Gasteiger partial charge in [0.25, 0.3) is 0 Å². The van der Waals surface area contributed by atoms with Crippen molar-refractivity contribution in [3.05, 3.63) is 35.9 Å². The Bertz CT molecular complexity index is 367. The second-order valence-corrected chi connectivity index (χ2v) is 4.20. The van der Waals surface area contributed by atoms with Crippen molar-refractivity contribution in [2.24, 2.45) is 5.73 Å². The van der Waals surface area contributed by atoms with Crippen molar-refractivity contribution in [2.45, 2.75) is 31.2 Å². The van der Waals surface area contributed by atoms with Gasteiger partial charge in [0.1, 0.15) is 0 Å². The van der Waals surface area contributed by atoms with Crippen molar-refractivity contribution in [1.29, 1.82) is 0 Å². The lowest BCUT2D eigenvalue weighted by molar-refractivity contribution is -0.0773. The minimum absolute atomic E-state index is 0.181. The SMILES string of the molecule is NC(=O)N(O)[C@H]1CCC[C@H]1c1ccccc1. The topological polar surface area (TPSA) is 66.6 Å². The summed E-state index contributed by atoms with van der Waals surface area (Å²) < 4.78 is 0. The summed E-state index contributed by atoms with van der Waals surface area (Å²) in [5.74, 6) is 0.193. The van der Waals surface area contributed by atoms with Crippen molar-refractivity contribution < 1.29 is 10.0 Å². The Morgan fingerprint density at radius 3 is 2.62 bits per heavy atom. The lowest BCUT2D eigenvalue weighted by Gasteiger charge is -2.26. The standard InChI is InChI=1S/C12H16N2O2/c13-12(15)14(16)11-8-4-7-10(11)9-5-2-1-3-6-9/h1-3,5-6,10-11,16H,4,7-8H2,(H2,13,15)/t10-,11-/m0/s1. The molecule has 1 aromatic carbocycles. The van der Waals surface area contributed by atoms with E-state index < -0.39 is 6.03 Å². The zero-order valence-corrected chi connectivity index (χ0v) is 9.04. The third-order valence-electron chi connectivity index (χ3n) is 3.25. The van der Waals surface area contributed by atoms with E-state index in [0.29, 0.717) is 5.06 Å². The summed E-state index contributed by atoms with van der Waals surface area (Å²) in [6.07, 6.45) is 2.80. The van der Waals surface area contributed by atoms with Gasteiger partial charge in [-0.3, -0.25) is 5.21 Å². The molecular formula is C12H16N2O2. The van der Waals surface area contributed by atoms with Gasteiger partial charge in [0.2, 0.25) is 0 Å². The number of carbonyl (C=O) groups excluding carboxylic acids is 1. The molecular weight excluding hydrogens is 204 g/mol. The van der Waals surface area contributed by atoms with E-state index in [1.54, 1.807) is 0 Å². The third-order valence-corrected chi connectivity index (χ3v) is 3.25. The molecule has 0 saturated heterocycles. The minimum atomic E-state index is -0.771. The Labute approximate surface area is 94.6 Å². The lowest BCUT2D eigenvalue weighted by Crippen LogP contribution is -2.42. The second kappa shape index (κ2) is 4.53. The molecule has 0 unspecified atom stereocenters. The number of urea groups is 1. The molecule has 2 rings (SSSR count). The van der Waals surface area contributed by atoms with E-state index in [1.807, 2.05) is 30.3 Å². The predicted molar refractivity (Wildman–Crippen MR) is 60.0 cm³/mol. The zero-order chi connectivity index (χ0) is 11.5. The van der Waals surface area contributed by atoms with Gasteiger partial charge >= 0.3 is 6.03 Å². The smallest absolute Gasteiger partial charge is 0.338 e. The van der Waals surface area contributed by atoms with Crippen LogP contribution in [0.4, 0.5) is 4.79 Å². The summed E-state index contributed by atoms with van der Waals surface area (Å²) in [5.41, 5.74) is 6.25. The number of hydrogen-bond acceptors (Lipinski definition) is 2. The molecule has 0 aliphatic heterocycles. The number of primary amides is 1. The fourth-order valence-electron chi connectivity index (χ4n) is 2.49. The average molecular weight is 220 g/mol. The van der Waals surface area contributed by atoms with Gasteiger partial charge in [0.15, 0.2) is 0 Å². The monoisotopic (exact) mass is 220 g/mol. The van der Waals surface area contributed by atoms with Gasteiger partial charge in [0, 0.05) is 5.92 Å². The first-order valence-corrected chi connectivity index (χ1v) is 5.52. The largest absolute Gasteiger partial charge is 0.350 e. The van der Waals surface area contributed by atoms with Crippen molar-refractivity contribution in [3.8, 4) is 0 Å². The van der Waals surface area contributed by atoms with Gasteiger partial charge in [-0.15, -0.1) is 0 Å². The second-order valence-electron chi connectivity index (χ2n) is 4.20. The van der Waals surface area contributed by atoms with Crippen LogP contribution < -0.4 is 5.73 Å². The van der Waals surface area contributed by atoms with Crippen LogP contribution in [-0.4, -0.2) is 22.3 Å².